The largest absolute Gasteiger partial charge is 0.309 e. The second kappa shape index (κ2) is 5.50. The summed E-state index contributed by atoms with van der Waals surface area (Å²) in [4.78, 5) is 2.69. The van der Waals surface area contributed by atoms with Gasteiger partial charge in [0.25, 0.3) is 0 Å². The van der Waals surface area contributed by atoms with Gasteiger partial charge in [-0.15, -0.1) is 0 Å². The Labute approximate surface area is 101 Å². The van der Waals surface area contributed by atoms with E-state index in [0.29, 0.717) is 12.1 Å². The summed E-state index contributed by atoms with van der Waals surface area (Å²) in [7, 11) is 0. The van der Waals surface area contributed by atoms with Gasteiger partial charge in [0.15, 0.2) is 0 Å². The minimum absolute atomic E-state index is 0.672. The lowest BCUT2D eigenvalue weighted by Gasteiger charge is -2.39. The fourth-order valence-electron chi connectivity index (χ4n) is 3.47. The van der Waals surface area contributed by atoms with E-state index in [-0.39, 0.29) is 0 Å². The van der Waals surface area contributed by atoms with E-state index < -0.39 is 0 Å². The molecular weight excluding hydrogens is 196 g/mol. The molecule has 0 aromatic rings. The molecule has 0 radical (unpaired) electrons. The molecule has 2 fully saturated rings. The van der Waals surface area contributed by atoms with E-state index in [4.69, 9.17) is 0 Å². The van der Waals surface area contributed by atoms with E-state index in [1.54, 1.807) is 0 Å². The predicted octanol–water partition coefficient (Wildman–Crippen LogP) is 2.49. The Hall–Kier alpha value is -0.0800. The molecule has 16 heavy (non-hydrogen) atoms. The van der Waals surface area contributed by atoms with E-state index in [1.807, 2.05) is 0 Å². The van der Waals surface area contributed by atoms with Crippen LogP contribution in [0.5, 0.6) is 0 Å². The number of rotatable bonds is 2. The van der Waals surface area contributed by atoms with Crippen LogP contribution in [0.3, 0.4) is 0 Å². The molecule has 0 aromatic heterocycles. The number of nitrogens with one attached hydrogen (secondary N) is 1. The highest BCUT2D eigenvalue weighted by molar-refractivity contribution is 4.83. The van der Waals surface area contributed by atoms with Crippen molar-refractivity contribution in [3.8, 4) is 0 Å². The SMILES string of the molecule is CC1CCC(CN2CC(C)NC(C)C2)CC1. The van der Waals surface area contributed by atoms with Crippen LogP contribution in [-0.4, -0.2) is 36.6 Å². The molecule has 94 valence electrons. The lowest BCUT2D eigenvalue weighted by molar-refractivity contribution is 0.130. The van der Waals surface area contributed by atoms with Crippen LogP contribution < -0.4 is 5.32 Å². The van der Waals surface area contributed by atoms with Gasteiger partial charge in [-0.1, -0.05) is 19.8 Å². The molecule has 2 nitrogen and oxygen atoms in total. The van der Waals surface area contributed by atoms with Crippen molar-refractivity contribution in [2.24, 2.45) is 11.8 Å². The van der Waals surface area contributed by atoms with Crippen molar-refractivity contribution in [1.82, 2.24) is 10.2 Å². The van der Waals surface area contributed by atoms with Crippen LogP contribution in [0.2, 0.25) is 0 Å². The predicted molar refractivity (Wildman–Crippen MR) is 69.6 cm³/mol. The topological polar surface area (TPSA) is 15.3 Å². The fraction of sp³-hybridized carbons (Fsp3) is 1.00. The second-order valence-corrected chi connectivity index (χ2v) is 6.31. The smallest absolute Gasteiger partial charge is 0.0169 e. The van der Waals surface area contributed by atoms with Crippen molar-refractivity contribution < 1.29 is 0 Å². The molecule has 1 aliphatic heterocycles. The summed E-state index contributed by atoms with van der Waals surface area (Å²) in [5.41, 5.74) is 0. The summed E-state index contributed by atoms with van der Waals surface area (Å²) >= 11 is 0. The van der Waals surface area contributed by atoms with Gasteiger partial charge in [0.1, 0.15) is 0 Å². The molecule has 0 bridgehead atoms. The van der Waals surface area contributed by atoms with Crippen LogP contribution in [0.25, 0.3) is 0 Å². The van der Waals surface area contributed by atoms with E-state index in [0.717, 1.165) is 11.8 Å². The van der Waals surface area contributed by atoms with Crippen LogP contribution >= 0.6 is 0 Å². The maximum atomic E-state index is 3.61. The molecule has 1 aliphatic carbocycles. The molecule has 2 heteroatoms. The van der Waals surface area contributed by atoms with Gasteiger partial charge in [-0.3, -0.25) is 4.90 Å². The van der Waals surface area contributed by atoms with E-state index in [9.17, 15) is 0 Å². The lowest BCUT2D eigenvalue weighted by atomic mass is 9.82. The summed E-state index contributed by atoms with van der Waals surface area (Å²) in [6, 6.07) is 1.34. The average Bonchev–Trinajstić information content (AvgIpc) is 2.20. The molecule has 1 saturated heterocycles. The Balaban J connectivity index is 1.76. The highest BCUT2D eigenvalue weighted by atomic mass is 15.2. The zero-order valence-corrected chi connectivity index (χ0v) is 11.2. The lowest BCUT2D eigenvalue weighted by Crippen LogP contribution is -2.55. The molecule has 2 aliphatic rings. The van der Waals surface area contributed by atoms with Gasteiger partial charge in [-0.05, 0) is 38.5 Å². The molecule has 2 rings (SSSR count). The van der Waals surface area contributed by atoms with Crippen molar-refractivity contribution in [2.45, 2.75) is 58.5 Å². The first-order chi connectivity index (χ1) is 7.63. The van der Waals surface area contributed by atoms with Crippen molar-refractivity contribution in [1.29, 1.82) is 0 Å². The van der Waals surface area contributed by atoms with Gasteiger partial charge in [0.05, 0.1) is 0 Å². The first-order valence-corrected chi connectivity index (χ1v) is 7.12. The third-order valence-corrected chi connectivity index (χ3v) is 4.28. The highest BCUT2D eigenvalue weighted by Crippen LogP contribution is 2.29. The van der Waals surface area contributed by atoms with Crippen LogP contribution in [0, 0.1) is 11.8 Å². The van der Waals surface area contributed by atoms with Gasteiger partial charge < -0.3 is 5.32 Å². The summed E-state index contributed by atoms with van der Waals surface area (Å²) in [5.74, 6) is 1.96. The molecule has 1 saturated carbocycles. The molecule has 1 heterocycles. The minimum Gasteiger partial charge on any atom is -0.309 e. The van der Waals surface area contributed by atoms with Crippen LogP contribution in [0.1, 0.15) is 46.5 Å². The highest BCUT2D eigenvalue weighted by Gasteiger charge is 2.25. The number of hydrogen-bond donors (Lipinski definition) is 1. The number of hydrogen-bond acceptors (Lipinski definition) is 2. The van der Waals surface area contributed by atoms with Crippen LogP contribution in [0.15, 0.2) is 0 Å². The fourth-order valence-corrected chi connectivity index (χ4v) is 3.47. The average molecular weight is 224 g/mol. The standard InChI is InChI=1S/C14H28N2/c1-11-4-6-14(7-5-11)10-16-8-12(2)15-13(3)9-16/h11-15H,4-10H2,1-3H3. The number of piperazine rings is 1. The Morgan fingerprint density at radius 1 is 0.938 bits per heavy atom. The maximum absolute atomic E-state index is 3.61. The van der Waals surface area contributed by atoms with Crippen molar-refractivity contribution in [2.75, 3.05) is 19.6 Å². The molecule has 0 aromatic carbocycles. The van der Waals surface area contributed by atoms with Gasteiger partial charge in [-0.2, -0.15) is 0 Å². The minimum atomic E-state index is 0.672. The first kappa shape index (κ1) is 12.4. The normalized spacial score (nSPS) is 42.2. The third-order valence-electron chi connectivity index (χ3n) is 4.28. The Kier molecular flexibility index (Phi) is 4.26. The zero-order chi connectivity index (χ0) is 11.5. The maximum Gasteiger partial charge on any atom is 0.0169 e. The quantitative estimate of drug-likeness (QED) is 0.775. The van der Waals surface area contributed by atoms with Crippen LogP contribution in [-0.2, 0) is 0 Å². The molecular formula is C14H28N2. The summed E-state index contributed by atoms with van der Waals surface area (Å²) in [6.45, 7) is 10.9. The van der Waals surface area contributed by atoms with Crippen molar-refractivity contribution in [3.05, 3.63) is 0 Å². The first-order valence-electron chi connectivity index (χ1n) is 7.12. The molecule has 2 atom stereocenters. The van der Waals surface area contributed by atoms with E-state index in [2.05, 4.69) is 31.0 Å². The molecule has 0 spiro atoms. The van der Waals surface area contributed by atoms with E-state index in [1.165, 1.54) is 45.3 Å². The van der Waals surface area contributed by atoms with Crippen molar-refractivity contribution in [3.63, 3.8) is 0 Å². The monoisotopic (exact) mass is 224 g/mol. The second-order valence-electron chi connectivity index (χ2n) is 6.31. The van der Waals surface area contributed by atoms with Crippen LogP contribution in [0.4, 0.5) is 0 Å². The Morgan fingerprint density at radius 2 is 1.50 bits per heavy atom. The van der Waals surface area contributed by atoms with Gasteiger partial charge in [-0.25, -0.2) is 0 Å². The number of nitrogens with zero attached hydrogens (tertiary/aromatic N) is 1. The summed E-state index contributed by atoms with van der Waals surface area (Å²) in [6.07, 6.45) is 5.85. The van der Waals surface area contributed by atoms with Gasteiger partial charge in [0.2, 0.25) is 0 Å². The Morgan fingerprint density at radius 3 is 2.06 bits per heavy atom. The molecule has 2 unspecified atom stereocenters. The summed E-state index contributed by atoms with van der Waals surface area (Å²) < 4.78 is 0. The molecule has 1 N–H and O–H groups in total. The third kappa shape index (κ3) is 3.46. The van der Waals surface area contributed by atoms with Gasteiger partial charge >= 0.3 is 0 Å². The van der Waals surface area contributed by atoms with Crippen molar-refractivity contribution >= 4 is 0 Å². The Bertz CT molecular complexity index is 199. The van der Waals surface area contributed by atoms with Gasteiger partial charge in [0, 0.05) is 31.7 Å². The van der Waals surface area contributed by atoms with E-state index >= 15 is 0 Å². The summed E-state index contributed by atoms with van der Waals surface area (Å²) in [5, 5.41) is 3.61. The zero-order valence-electron chi connectivity index (χ0n) is 11.2. The molecule has 0 amide bonds.